The van der Waals surface area contributed by atoms with Crippen molar-refractivity contribution in [2.75, 3.05) is 0 Å². The fraction of sp³-hybridized carbons (Fsp3) is 0.111. The van der Waals surface area contributed by atoms with E-state index in [0.29, 0.717) is 5.56 Å². The van der Waals surface area contributed by atoms with E-state index in [2.05, 4.69) is 11.7 Å². The molecule has 4 heteroatoms. The van der Waals surface area contributed by atoms with Gasteiger partial charge in [0.05, 0.1) is 5.56 Å². The van der Waals surface area contributed by atoms with Crippen molar-refractivity contribution in [3.8, 4) is 11.8 Å². The number of hydrogen-bond donors (Lipinski definition) is 0. The van der Waals surface area contributed by atoms with E-state index in [4.69, 9.17) is 5.26 Å². The van der Waals surface area contributed by atoms with Crippen molar-refractivity contribution < 1.29 is 13.5 Å². The van der Waals surface area contributed by atoms with E-state index in [0.717, 1.165) is 0 Å². The first-order valence-electron chi connectivity index (χ1n) is 3.44. The molecule has 0 bridgehead atoms. The highest BCUT2D eigenvalue weighted by atomic mass is 19.3. The number of nitriles is 1. The molecule has 1 aromatic carbocycles. The molecule has 1 rings (SSSR count). The van der Waals surface area contributed by atoms with Gasteiger partial charge in [-0.15, -0.1) is 0 Å². The fourth-order valence-electron chi connectivity index (χ4n) is 0.863. The summed E-state index contributed by atoms with van der Waals surface area (Å²) < 4.78 is 27.7. The van der Waals surface area contributed by atoms with Gasteiger partial charge in [-0.3, -0.25) is 0 Å². The van der Waals surface area contributed by atoms with E-state index in [1.807, 2.05) is 0 Å². The summed E-state index contributed by atoms with van der Waals surface area (Å²) in [5.41, 5.74) is 0.644. The monoisotopic (exact) mass is 182 g/mol. The van der Waals surface area contributed by atoms with E-state index in [-0.39, 0.29) is 11.3 Å². The Balaban J connectivity index is 3.01. The highest BCUT2D eigenvalue weighted by molar-refractivity contribution is 5.46. The Kier molecular flexibility index (Phi) is 2.80. The number of rotatable bonds is 2. The maximum absolute atomic E-state index is 11.8. The Morgan fingerprint density at radius 2 is 2.15 bits per heavy atom. The van der Waals surface area contributed by atoms with Crippen molar-refractivity contribution in [1.29, 1.82) is 5.26 Å². The quantitative estimate of drug-likeness (QED) is 0.703. The largest absolute Gasteiger partial charge is 0.433 e. The smallest absolute Gasteiger partial charge is 0.387 e. The molecule has 1 aromatic rings. The van der Waals surface area contributed by atoms with Crippen LogP contribution in [0, 0.1) is 18.3 Å². The number of benzene rings is 1. The summed E-state index contributed by atoms with van der Waals surface area (Å²) >= 11 is 0. The van der Waals surface area contributed by atoms with E-state index in [1.54, 1.807) is 6.07 Å². The molecule has 0 N–H and O–H groups in total. The molecule has 0 saturated heterocycles. The van der Waals surface area contributed by atoms with E-state index in [1.165, 1.54) is 18.2 Å². The normalized spacial score (nSPS) is 9.77. The minimum atomic E-state index is -2.91. The van der Waals surface area contributed by atoms with Gasteiger partial charge in [0.1, 0.15) is 11.8 Å². The molecule has 0 unspecified atom stereocenters. The number of ether oxygens (including phenoxy) is 1. The van der Waals surface area contributed by atoms with Crippen LogP contribution in [0.25, 0.3) is 0 Å². The molecule has 67 valence electrons. The van der Waals surface area contributed by atoms with Gasteiger partial charge >= 0.3 is 6.61 Å². The molecule has 0 amide bonds. The molecule has 0 fully saturated rings. The predicted octanol–water partition coefficient (Wildman–Crippen LogP) is 2.34. The van der Waals surface area contributed by atoms with Crippen molar-refractivity contribution in [3.63, 3.8) is 0 Å². The Bertz CT molecular complexity index is 344. The standard InChI is InChI=1S/C9H6F2NO/c1-6-2-3-8(13-9(10)11)7(4-6)5-12/h2-4,9H,1H2. The Morgan fingerprint density at radius 1 is 1.46 bits per heavy atom. The van der Waals surface area contributed by atoms with Crippen LogP contribution in [-0.2, 0) is 0 Å². The molecule has 2 nitrogen and oxygen atoms in total. The SMILES string of the molecule is [CH2]c1ccc(OC(F)F)c(C#N)c1. The number of nitrogens with zero attached hydrogens (tertiary/aromatic N) is 1. The lowest BCUT2D eigenvalue weighted by molar-refractivity contribution is -0.0500. The van der Waals surface area contributed by atoms with Gasteiger partial charge in [-0.25, -0.2) is 0 Å². The zero-order valence-electron chi connectivity index (χ0n) is 6.63. The molecule has 1 radical (unpaired) electrons. The minimum Gasteiger partial charge on any atom is -0.433 e. The van der Waals surface area contributed by atoms with Gasteiger partial charge in [-0.1, -0.05) is 6.07 Å². The number of hydrogen-bond acceptors (Lipinski definition) is 2. The molecule has 0 aliphatic carbocycles. The van der Waals surface area contributed by atoms with E-state index in [9.17, 15) is 8.78 Å². The first-order valence-corrected chi connectivity index (χ1v) is 3.44. The summed E-state index contributed by atoms with van der Waals surface area (Å²) in [5, 5.41) is 8.55. The van der Waals surface area contributed by atoms with Crippen LogP contribution in [0.4, 0.5) is 8.78 Å². The molecule has 0 atom stereocenters. The highest BCUT2D eigenvalue weighted by Gasteiger charge is 2.08. The van der Waals surface area contributed by atoms with Crippen LogP contribution in [0.2, 0.25) is 0 Å². The highest BCUT2D eigenvalue weighted by Crippen LogP contribution is 2.20. The average Bonchev–Trinajstić information content (AvgIpc) is 2.07. The van der Waals surface area contributed by atoms with Gasteiger partial charge in [-0.05, 0) is 24.6 Å². The minimum absolute atomic E-state index is 0.0628. The first kappa shape index (κ1) is 9.46. The lowest BCUT2D eigenvalue weighted by atomic mass is 10.1. The Morgan fingerprint density at radius 3 is 2.69 bits per heavy atom. The van der Waals surface area contributed by atoms with Crippen LogP contribution >= 0.6 is 0 Å². The van der Waals surface area contributed by atoms with E-state index < -0.39 is 6.61 Å². The van der Waals surface area contributed by atoms with Crippen molar-refractivity contribution in [1.82, 2.24) is 0 Å². The Hall–Kier alpha value is -1.63. The van der Waals surface area contributed by atoms with E-state index >= 15 is 0 Å². The third kappa shape index (κ3) is 2.41. The molecule has 0 aromatic heterocycles. The fourth-order valence-corrected chi connectivity index (χ4v) is 0.863. The lowest BCUT2D eigenvalue weighted by Crippen LogP contribution is -2.03. The van der Waals surface area contributed by atoms with Crippen LogP contribution in [-0.4, -0.2) is 6.61 Å². The number of alkyl halides is 2. The van der Waals surface area contributed by atoms with Crippen LogP contribution < -0.4 is 4.74 Å². The summed E-state index contributed by atoms with van der Waals surface area (Å²) in [4.78, 5) is 0. The van der Waals surface area contributed by atoms with Crippen molar-refractivity contribution in [2.45, 2.75) is 6.61 Å². The number of halogens is 2. The van der Waals surface area contributed by atoms with Gasteiger partial charge in [0.15, 0.2) is 0 Å². The van der Waals surface area contributed by atoms with Crippen molar-refractivity contribution in [2.24, 2.45) is 0 Å². The third-order valence-corrected chi connectivity index (χ3v) is 1.38. The van der Waals surface area contributed by atoms with Gasteiger partial charge in [0.25, 0.3) is 0 Å². The molecule has 0 spiro atoms. The second kappa shape index (κ2) is 3.85. The average molecular weight is 182 g/mol. The Labute approximate surface area is 74.4 Å². The summed E-state index contributed by atoms with van der Waals surface area (Å²) in [6.07, 6.45) is 0. The molecule has 13 heavy (non-hydrogen) atoms. The lowest BCUT2D eigenvalue weighted by Gasteiger charge is -2.05. The zero-order chi connectivity index (χ0) is 9.84. The summed E-state index contributed by atoms with van der Waals surface area (Å²) in [5.74, 6) is -0.120. The van der Waals surface area contributed by atoms with Crippen LogP contribution in [0.1, 0.15) is 11.1 Å². The maximum Gasteiger partial charge on any atom is 0.387 e. The summed E-state index contributed by atoms with van der Waals surface area (Å²) in [6, 6.07) is 5.93. The molecule has 0 aliphatic heterocycles. The molecule has 0 saturated carbocycles. The molecular formula is C9H6F2NO. The van der Waals surface area contributed by atoms with Gasteiger partial charge in [0.2, 0.25) is 0 Å². The second-order valence-electron chi connectivity index (χ2n) is 2.32. The van der Waals surface area contributed by atoms with Gasteiger partial charge < -0.3 is 4.74 Å². The maximum atomic E-state index is 11.8. The zero-order valence-corrected chi connectivity index (χ0v) is 6.63. The topological polar surface area (TPSA) is 33.0 Å². The van der Waals surface area contributed by atoms with Crippen molar-refractivity contribution >= 4 is 0 Å². The van der Waals surface area contributed by atoms with Gasteiger partial charge in [0, 0.05) is 0 Å². The van der Waals surface area contributed by atoms with Crippen LogP contribution in [0.15, 0.2) is 18.2 Å². The van der Waals surface area contributed by atoms with Crippen molar-refractivity contribution in [3.05, 3.63) is 36.2 Å². The van der Waals surface area contributed by atoms with Gasteiger partial charge in [-0.2, -0.15) is 14.0 Å². The van der Waals surface area contributed by atoms with Crippen LogP contribution in [0.5, 0.6) is 5.75 Å². The summed E-state index contributed by atoms with van der Waals surface area (Å²) in [7, 11) is 0. The summed E-state index contributed by atoms with van der Waals surface area (Å²) in [6.45, 7) is 0.641. The molecule has 0 aliphatic rings. The molecule has 0 heterocycles. The predicted molar refractivity (Wildman–Crippen MR) is 42.2 cm³/mol. The van der Waals surface area contributed by atoms with Crippen LogP contribution in [0.3, 0.4) is 0 Å². The second-order valence-corrected chi connectivity index (χ2v) is 2.32. The molecular weight excluding hydrogens is 176 g/mol. The third-order valence-electron chi connectivity index (χ3n) is 1.38. The first-order chi connectivity index (χ1) is 6.13.